The maximum Gasteiger partial charge on any atom is 0.263 e. The minimum atomic E-state index is -0.0861. The Labute approximate surface area is 211 Å². The Morgan fingerprint density at radius 2 is 1.56 bits per heavy atom. The molecule has 32 heavy (non-hydrogen) atoms. The van der Waals surface area contributed by atoms with Crippen LogP contribution in [0.4, 0.5) is 0 Å². The number of hydrogen-bond acceptors (Lipinski definition) is 4. The van der Waals surface area contributed by atoms with Crippen molar-refractivity contribution in [3.63, 3.8) is 0 Å². The van der Waals surface area contributed by atoms with Gasteiger partial charge in [-0.25, -0.2) is 4.98 Å². The molecule has 2 aromatic carbocycles. The van der Waals surface area contributed by atoms with Gasteiger partial charge in [0.15, 0.2) is 5.96 Å². The molecule has 6 nitrogen and oxygen atoms in total. The minimum Gasteiger partial charge on any atom is -0.357 e. The van der Waals surface area contributed by atoms with Gasteiger partial charge < -0.3 is 16.0 Å². The lowest BCUT2D eigenvalue weighted by molar-refractivity contribution is 0.0957. The lowest BCUT2D eigenvalue weighted by Crippen LogP contribution is -2.41. The Kier molecular flexibility index (Phi) is 11.2. The van der Waals surface area contributed by atoms with Crippen LogP contribution in [0.15, 0.2) is 71.2 Å². The van der Waals surface area contributed by atoms with E-state index in [2.05, 4.69) is 69.5 Å². The number of guanidine groups is 1. The lowest BCUT2D eigenvalue weighted by atomic mass is 9.91. The number of hydrogen-bond donors (Lipinski definition) is 3. The highest BCUT2D eigenvalue weighted by atomic mass is 127. The summed E-state index contributed by atoms with van der Waals surface area (Å²) in [5.41, 5.74) is 4.92. The van der Waals surface area contributed by atoms with E-state index < -0.39 is 0 Å². The Morgan fingerprint density at radius 1 is 0.969 bits per heavy atom. The molecule has 8 heteroatoms. The van der Waals surface area contributed by atoms with Crippen molar-refractivity contribution in [2.45, 2.75) is 19.8 Å². The fourth-order valence-electron chi connectivity index (χ4n) is 3.26. The van der Waals surface area contributed by atoms with Crippen molar-refractivity contribution < 1.29 is 4.79 Å². The molecule has 0 bridgehead atoms. The highest BCUT2D eigenvalue weighted by molar-refractivity contribution is 14.0. The van der Waals surface area contributed by atoms with Crippen LogP contribution < -0.4 is 16.0 Å². The van der Waals surface area contributed by atoms with E-state index >= 15 is 0 Å². The fraction of sp³-hybridized carbons (Fsp3) is 0.292. The zero-order valence-corrected chi connectivity index (χ0v) is 21.5. The summed E-state index contributed by atoms with van der Waals surface area (Å²) in [6.45, 7) is 6.35. The van der Waals surface area contributed by atoms with E-state index in [1.54, 1.807) is 5.51 Å². The average molecular weight is 564 g/mol. The molecule has 0 aliphatic carbocycles. The third-order valence-corrected chi connectivity index (χ3v) is 5.76. The first-order valence-electron chi connectivity index (χ1n) is 10.5. The lowest BCUT2D eigenvalue weighted by Gasteiger charge is -2.18. The van der Waals surface area contributed by atoms with E-state index in [1.807, 2.05) is 26.0 Å². The second-order valence-electron chi connectivity index (χ2n) is 7.04. The first kappa shape index (κ1) is 25.8. The van der Waals surface area contributed by atoms with Crippen LogP contribution in [0.3, 0.4) is 0 Å². The van der Waals surface area contributed by atoms with Crippen LogP contribution in [-0.4, -0.2) is 43.0 Å². The molecule has 0 saturated heterocycles. The zero-order valence-electron chi connectivity index (χ0n) is 18.4. The van der Waals surface area contributed by atoms with Crippen LogP contribution in [0.5, 0.6) is 0 Å². The second-order valence-corrected chi connectivity index (χ2v) is 7.90. The van der Waals surface area contributed by atoms with E-state index in [0.29, 0.717) is 24.5 Å². The Morgan fingerprint density at radius 3 is 2.09 bits per heavy atom. The molecule has 0 unspecified atom stereocenters. The fourth-order valence-corrected chi connectivity index (χ4v) is 3.97. The molecular formula is C24H30IN5OS. The highest BCUT2D eigenvalue weighted by Gasteiger charge is 2.14. The molecule has 0 aliphatic rings. The van der Waals surface area contributed by atoms with Crippen LogP contribution in [0.25, 0.3) is 0 Å². The van der Waals surface area contributed by atoms with Crippen LogP contribution in [0.1, 0.15) is 39.3 Å². The van der Waals surface area contributed by atoms with E-state index in [1.165, 1.54) is 22.5 Å². The normalized spacial score (nSPS) is 11.0. The number of halogens is 1. The SMILES string of the molecule is CCNC(=NCC(c1ccccc1)c1ccccc1)NCCNC(=O)c1scnc1C.I. The molecule has 3 aromatic rings. The Bertz CT molecular complexity index is 939. The predicted octanol–water partition coefficient (Wildman–Crippen LogP) is 4.19. The van der Waals surface area contributed by atoms with Gasteiger partial charge in [0, 0.05) is 25.6 Å². The summed E-state index contributed by atoms with van der Waals surface area (Å²) in [7, 11) is 0. The molecule has 170 valence electrons. The molecular weight excluding hydrogens is 533 g/mol. The molecule has 0 saturated carbocycles. The van der Waals surface area contributed by atoms with Gasteiger partial charge in [-0.15, -0.1) is 35.3 Å². The van der Waals surface area contributed by atoms with Gasteiger partial charge in [-0.3, -0.25) is 9.79 Å². The molecule has 0 radical (unpaired) electrons. The number of benzene rings is 2. The van der Waals surface area contributed by atoms with Gasteiger partial charge in [-0.2, -0.15) is 0 Å². The van der Waals surface area contributed by atoms with E-state index in [9.17, 15) is 4.79 Å². The van der Waals surface area contributed by atoms with E-state index in [0.717, 1.165) is 18.2 Å². The maximum atomic E-state index is 12.2. The van der Waals surface area contributed by atoms with Crippen LogP contribution in [0.2, 0.25) is 0 Å². The zero-order chi connectivity index (χ0) is 21.9. The van der Waals surface area contributed by atoms with Crippen LogP contribution >= 0.6 is 35.3 Å². The molecule has 1 amide bonds. The van der Waals surface area contributed by atoms with E-state index in [-0.39, 0.29) is 35.8 Å². The van der Waals surface area contributed by atoms with Gasteiger partial charge in [0.25, 0.3) is 5.91 Å². The number of rotatable bonds is 9. The Balaban J connectivity index is 0.00000363. The molecule has 3 N–H and O–H groups in total. The molecule has 1 aromatic heterocycles. The monoisotopic (exact) mass is 563 g/mol. The summed E-state index contributed by atoms with van der Waals surface area (Å²) < 4.78 is 0. The molecule has 1 heterocycles. The van der Waals surface area contributed by atoms with Crippen LogP contribution in [0, 0.1) is 6.92 Å². The highest BCUT2D eigenvalue weighted by Crippen LogP contribution is 2.24. The van der Waals surface area contributed by atoms with Gasteiger partial charge in [0.05, 0.1) is 17.7 Å². The summed E-state index contributed by atoms with van der Waals surface area (Å²) in [6.07, 6.45) is 0. The summed E-state index contributed by atoms with van der Waals surface area (Å²) in [4.78, 5) is 21.8. The molecule has 0 atom stereocenters. The second kappa shape index (κ2) is 13.8. The maximum absolute atomic E-state index is 12.2. The third kappa shape index (κ3) is 7.59. The van der Waals surface area contributed by atoms with Crippen molar-refractivity contribution in [3.8, 4) is 0 Å². The van der Waals surface area contributed by atoms with Crippen molar-refractivity contribution >= 4 is 47.2 Å². The van der Waals surface area contributed by atoms with E-state index in [4.69, 9.17) is 4.99 Å². The quantitative estimate of drug-likeness (QED) is 0.158. The van der Waals surface area contributed by atoms with Crippen molar-refractivity contribution in [2.75, 3.05) is 26.2 Å². The van der Waals surface area contributed by atoms with Crippen LogP contribution in [-0.2, 0) is 0 Å². The number of carbonyl (C=O) groups excluding carboxylic acids is 1. The smallest absolute Gasteiger partial charge is 0.263 e. The van der Waals surface area contributed by atoms with Gasteiger partial charge in [0.2, 0.25) is 0 Å². The van der Waals surface area contributed by atoms with Crippen molar-refractivity contribution in [1.29, 1.82) is 0 Å². The largest absolute Gasteiger partial charge is 0.357 e. The topological polar surface area (TPSA) is 78.4 Å². The average Bonchev–Trinajstić information content (AvgIpc) is 3.24. The number of nitrogens with one attached hydrogen (secondary N) is 3. The number of aryl methyl sites for hydroxylation is 1. The summed E-state index contributed by atoms with van der Waals surface area (Å²) >= 11 is 1.36. The molecule has 3 rings (SSSR count). The number of aliphatic imine (C=N–C) groups is 1. The van der Waals surface area contributed by atoms with Crippen molar-refractivity contribution in [3.05, 3.63) is 87.9 Å². The van der Waals surface area contributed by atoms with Crippen molar-refractivity contribution in [2.24, 2.45) is 4.99 Å². The predicted molar refractivity (Wildman–Crippen MR) is 143 cm³/mol. The molecule has 0 spiro atoms. The first-order valence-corrected chi connectivity index (χ1v) is 11.4. The van der Waals surface area contributed by atoms with Gasteiger partial charge in [0.1, 0.15) is 4.88 Å². The Hall–Kier alpha value is -2.46. The summed E-state index contributed by atoms with van der Waals surface area (Å²) in [5, 5.41) is 9.52. The number of thiazole rings is 1. The first-order chi connectivity index (χ1) is 15.2. The minimum absolute atomic E-state index is 0. The number of nitrogens with zero attached hydrogens (tertiary/aromatic N) is 2. The molecule has 0 fully saturated rings. The summed E-state index contributed by atoms with van der Waals surface area (Å²) in [5.74, 6) is 0.825. The number of amides is 1. The number of aromatic nitrogens is 1. The van der Waals surface area contributed by atoms with Crippen molar-refractivity contribution in [1.82, 2.24) is 20.9 Å². The van der Waals surface area contributed by atoms with Gasteiger partial charge >= 0.3 is 0 Å². The van der Waals surface area contributed by atoms with Gasteiger partial charge in [-0.1, -0.05) is 60.7 Å². The molecule has 0 aliphatic heterocycles. The van der Waals surface area contributed by atoms with Gasteiger partial charge in [-0.05, 0) is 25.0 Å². The third-order valence-electron chi connectivity index (χ3n) is 4.83. The number of carbonyl (C=O) groups is 1. The summed E-state index contributed by atoms with van der Waals surface area (Å²) in [6, 6.07) is 20.9. The standard InChI is InChI=1S/C24H29N5OS.HI/c1-3-25-24(27-15-14-26-23(30)22-18(2)29-17-31-22)28-16-21(19-10-6-4-7-11-19)20-12-8-5-9-13-20;/h4-13,17,21H,3,14-16H2,1-2H3,(H,26,30)(H2,25,27,28);1H.